The second kappa shape index (κ2) is 25.9. The molecule has 0 aromatic carbocycles. The largest absolute Gasteiger partial charge is 0.466 e. The van der Waals surface area contributed by atoms with E-state index in [0.29, 0.717) is 6.42 Å². The van der Waals surface area contributed by atoms with Gasteiger partial charge in [-0.2, -0.15) is 0 Å². The fourth-order valence-corrected chi connectivity index (χ4v) is 4.65. The Morgan fingerprint density at radius 2 is 0.943 bits per heavy atom. The van der Waals surface area contributed by atoms with Gasteiger partial charge in [-0.05, 0) is 19.8 Å². The highest BCUT2D eigenvalue weighted by Crippen LogP contribution is 2.16. The van der Waals surface area contributed by atoms with E-state index in [9.17, 15) is 14.7 Å². The number of hydrogen-bond donors (Lipinski definition) is 1. The molecule has 206 valence electrons. The summed E-state index contributed by atoms with van der Waals surface area (Å²) >= 11 is 0. The molecular formula is C31H58O4. The quantitative estimate of drug-likeness (QED) is 0.0740. The third kappa shape index (κ3) is 21.8. The molecule has 0 unspecified atom stereocenters. The minimum absolute atomic E-state index is 0.0727. The average molecular weight is 495 g/mol. The molecule has 0 rings (SSSR count). The van der Waals surface area contributed by atoms with Crippen LogP contribution < -0.4 is 0 Å². The molecule has 1 N–H and O–H groups in total. The summed E-state index contributed by atoms with van der Waals surface area (Å²) in [5.41, 5.74) is 0.0727. The van der Waals surface area contributed by atoms with Crippen LogP contribution in [0.5, 0.6) is 0 Å². The zero-order valence-corrected chi connectivity index (χ0v) is 23.6. The zero-order valence-electron chi connectivity index (χ0n) is 23.6. The van der Waals surface area contributed by atoms with E-state index in [1.54, 1.807) is 6.08 Å². The van der Waals surface area contributed by atoms with E-state index in [1.165, 1.54) is 142 Å². The van der Waals surface area contributed by atoms with E-state index in [-0.39, 0.29) is 5.57 Å². The molecular weight excluding hydrogens is 436 g/mol. The number of hydrogen-bond acceptors (Lipinski definition) is 4. The summed E-state index contributed by atoms with van der Waals surface area (Å²) in [5, 5.41) is 9.85. The van der Waals surface area contributed by atoms with Crippen LogP contribution in [-0.2, 0) is 14.3 Å². The maximum atomic E-state index is 11.7. The van der Waals surface area contributed by atoms with Gasteiger partial charge in [-0.15, -0.1) is 0 Å². The lowest BCUT2D eigenvalue weighted by atomic mass is 10.0. The second-order valence-electron chi connectivity index (χ2n) is 10.4. The van der Waals surface area contributed by atoms with E-state index < -0.39 is 17.9 Å². The zero-order chi connectivity index (χ0) is 26.0. The number of aliphatic hydroxyl groups is 1. The van der Waals surface area contributed by atoms with Gasteiger partial charge < -0.3 is 9.84 Å². The van der Waals surface area contributed by atoms with Gasteiger partial charge in [0.1, 0.15) is 6.10 Å². The monoisotopic (exact) mass is 494 g/mol. The number of rotatable bonds is 26. The summed E-state index contributed by atoms with van der Waals surface area (Å²) in [6, 6.07) is 0. The Kier molecular flexibility index (Phi) is 25.1. The van der Waals surface area contributed by atoms with Gasteiger partial charge in [-0.1, -0.05) is 148 Å². The Morgan fingerprint density at radius 1 is 0.629 bits per heavy atom. The van der Waals surface area contributed by atoms with Gasteiger partial charge in [0.15, 0.2) is 5.78 Å². The molecule has 4 heteroatoms. The summed E-state index contributed by atoms with van der Waals surface area (Å²) in [4.78, 5) is 23.0. The van der Waals surface area contributed by atoms with E-state index in [0.717, 1.165) is 12.8 Å². The summed E-state index contributed by atoms with van der Waals surface area (Å²) in [6.45, 7) is 3.56. The van der Waals surface area contributed by atoms with Crippen LogP contribution >= 0.6 is 0 Å². The Bertz CT molecular complexity index is 526. The summed E-state index contributed by atoms with van der Waals surface area (Å²) in [6.07, 6.45) is 30.9. The molecule has 0 aromatic heterocycles. The first kappa shape index (κ1) is 33.8. The van der Waals surface area contributed by atoms with Gasteiger partial charge in [0.25, 0.3) is 0 Å². The highest BCUT2D eigenvalue weighted by molar-refractivity contribution is 5.98. The fraction of sp³-hybridized carbons (Fsp3) is 0.871. The number of allylic oxidation sites excluding steroid dienone is 1. The standard InChI is InChI=1S/C31H58O4/c1-4-5-6-7-8-9-10-11-12-13-14-15-16-17-18-19-20-21-22-23-24-25-26-27-29(31(34)35-3)30(33)28(2)32/h27,30,33H,4-26H2,1-3H3/b29-27+/t30-/m1/s1. The normalized spacial score (nSPS) is 12.6. The predicted molar refractivity (Wildman–Crippen MR) is 149 cm³/mol. The van der Waals surface area contributed by atoms with Crippen LogP contribution in [0.3, 0.4) is 0 Å². The van der Waals surface area contributed by atoms with Crippen molar-refractivity contribution in [3.63, 3.8) is 0 Å². The number of aliphatic hydroxyl groups excluding tert-OH is 1. The number of ketones is 1. The van der Waals surface area contributed by atoms with Crippen LogP contribution in [0.15, 0.2) is 11.6 Å². The van der Waals surface area contributed by atoms with Crippen LogP contribution in [0.4, 0.5) is 0 Å². The van der Waals surface area contributed by atoms with E-state index >= 15 is 0 Å². The van der Waals surface area contributed by atoms with Crippen molar-refractivity contribution in [2.24, 2.45) is 0 Å². The Balaban J connectivity index is 3.39. The summed E-state index contributed by atoms with van der Waals surface area (Å²) in [7, 11) is 1.27. The Labute approximate surface area is 217 Å². The molecule has 0 radical (unpaired) electrons. The number of carbonyl (C=O) groups is 2. The third-order valence-corrected chi connectivity index (χ3v) is 7.02. The minimum atomic E-state index is -1.37. The molecule has 0 saturated carbocycles. The molecule has 1 atom stereocenters. The second-order valence-corrected chi connectivity index (χ2v) is 10.4. The number of carbonyl (C=O) groups excluding carboxylic acids is 2. The first-order chi connectivity index (χ1) is 17.0. The first-order valence-corrected chi connectivity index (χ1v) is 15.0. The molecule has 0 heterocycles. The molecule has 0 bridgehead atoms. The number of methoxy groups -OCH3 is 1. The Morgan fingerprint density at radius 3 is 1.23 bits per heavy atom. The molecule has 0 aromatic rings. The maximum absolute atomic E-state index is 11.7. The Hall–Kier alpha value is -1.16. The topological polar surface area (TPSA) is 63.6 Å². The van der Waals surface area contributed by atoms with Crippen LogP contribution in [-0.4, -0.2) is 30.1 Å². The third-order valence-electron chi connectivity index (χ3n) is 7.02. The van der Waals surface area contributed by atoms with Crippen molar-refractivity contribution >= 4 is 11.8 Å². The van der Waals surface area contributed by atoms with Gasteiger partial charge in [0.05, 0.1) is 12.7 Å². The van der Waals surface area contributed by atoms with Gasteiger partial charge in [-0.25, -0.2) is 4.79 Å². The van der Waals surface area contributed by atoms with Crippen LogP contribution in [0.2, 0.25) is 0 Å². The molecule has 0 aliphatic rings. The molecule has 0 spiro atoms. The number of ether oxygens (including phenoxy) is 1. The number of unbranched alkanes of at least 4 members (excludes halogenated alkanes) is 22. The van der Waals surface area contributed by atoms with Crippen molar-refractivity contribution < 1.29 is 19.4 Å². The SMILES string of the molecule is CCCCCCCCCCCCCCCCCCCCCCCC/C=C(/C(=O)OC)[C@H](O)C(C)=O. The van der Waals surface area contributed by atoms with Crippen LogP contribution in [0.1, 0.15) is 162 Å². The lowest BCUT2D eigenvalue weighted by molar-refractivity contribution is -0.139. The van der Waals surface area contributed by atoms with E-state index in [4.69, 9.17) is 0 Å². The van der Waals surface area contributed by atoms with Gasteiger partial charge in [-0.3, -0.25) is 4.79 Å². The lowest BCUT2D eigenvalue weighted by Crippen LogP contribution is -2.25. The molecule has 0 saturated heterocycles. The molecule has 0 aliphatic carbocycles. The number of Topliss-reactive ketones (excluding diaryl/α,β-unsaturated/α-hetero) is 1. The molecule has 0 fully saturated rings. The van der Waals surface area contributed by atoms with Gasteiger partial charge in [0.2, 0.25) is 0 Å². The van der Waals surface area contributed by atoms with Crippen LogP contribution in [0, 0.1) is 0 Å². The average Bonchev–Trinajstić information content (AvgIpc) is 2.85. The predicted octanol–water partition coefficient (Wildman–Crippen LogP) is 9.03. The van der Waals surface area contributed by atoms with E-state index in [1.807, 2.05) is 0 Å². The summed E-state index contributed by atoms with van der Waals surface area (Å²) < 4.78 is 4.67. The summed E-state index contributed by atoms with van der Waals surface area (Å²) in [5.74, 6) is -1.05. The van der Waals surface area contributed by atoms with Gasteiger partial charge >= 0.3 is 5.97 Å². The first-order valence-electron chi connectivity index (χ1n) is 15.0. The number of esters is 1. The maximum Gasteiger partial charge on any atom is 0.336 e. The lowest BCUT2D eigenvalue weighted by Gasteiger charge is -2.10. The minimum Gasteiger partial charge on any atom is -0.466 e. The molecule has 0 aliphatic heterocycles. The van der Waals surface area contributed by atoms with Crippen molar-refractivity contribution in [1.29, 1.82) is 0 Å². The van der Waals surface area contributed by atoms with Crippen LogP contribution in [0.25, 0.3) is 0 Å². The fourth-order valence-electron chi connectivity index (χ4n) is 4.65. The van der Waals surface area contributed by atoms with Crippen molar-refractivity contribution in [2.75, 3.05) is 7.11 Å². The smallest absolute Gasteiger partial charge is 0.336 e. The highest BCUT2D eigenvalue weighted by atomic mass is 16.5. The van der Waals surface area contributed by atoms with Crippen molar-refractivity contribution in [1.82, 2.24) is 0 Å². The van der Waals surface area contributed by atoms with Crippen molar-refractivity contribution in [3.8, 4) is 0 Å². The van der Waals surface area contributed by atoms with Crippen molar-refractivity contribution in [3.05, 3.63) is 11.6 Å². The molecule has 35 heavy (non-hydrogen) atoms. The highest BCUT2D eigenvalue weighted by Gasteiger charge is 2.22. The van der Waals surface area contributed by atoms with E-state index in [2.05, 4.69) is 11.7 Å². The molecule has 0 amide bonds. The van der Waals surface area contributed by atoms with Gasteiger partial charge in [0, 0.05) is 0 Å². The van der Waals surface area contributed by atoms with Crippen molar-refractivity contribution in [2.45, 2.75) is 168 Å². The molecule has 4 nitrogen and oxygen atoms in total.